The maximum Gasteiger partial charge on any atom is 0.191 e. The van der Waals surface area contributed by atoms with Gasteiger partial charge < -0.3 is 4.57 Å². The number of rotatable bonds is 4. The highest BCUT2D eigenvalue weighted by atomic mass is 35.5. The van der Waals surface area contributed by atoms with Gasteiger partial charge in [0.2, 0.25) is 0 Å². The van der Waals surface area contributed by atoms with Crippen LogP contribution >= 0.6 is 23.4 Å². The van der Waals surface area contributed by atoms with Gasteiger partial charge in [-0.1, -0.05) is 59.8 Å². The van der Waals surface area contributed by atoms with Crippen molar-refractivity contribution in [3.63, 3.8) is 0 Å². The first-order valence-corrected chi connectivity index (χ1v) is 8.34. The van der Waals surface area contributed by atoms with Crippen LogP contribution in [0.2, 0.25) is 5.02 Å². The summed E-state index contributed by atoms with van der Waals surface area (Å²) in [6.45, 7) is 2.09. The second-order valence-corrected chi connectivity index (χ2v) is 6.48. The van der Waals surface area contributed by atoms with Crippen LogP contribution in [0.15, 0.2) is 53.7 Å². The number of aryl methyl sites for hydroxylation is 1. The molecule has 3 rings (SSSR count). The summed E-state index contributed by atoms with van der Waals surface area (Å²) in [7, 11) is 2.00. The maximum atomic E-state index is 6.02. The fourth-order valence-corrected chi connectivity index (χ4v) is 3.34. The Morgan fingerprint density at radius 2 is 1.91 bits per heavy atom. The van der Waals surface area contributed by atoms with Crippen LogP contribution in [0.4, 0.5) is 0 Å². The molecule has 0 radical (unpaired) electrons. The van der Waals surface area contributed by atoms with E-state index in [1.54, 1.807) is 11.8 Å². The van der Waals surface area contributed by atoms with Gasteiger partial charge in [-0.3, -0.25) is 0 Å². The first-order valence-electron chi connectivity index (χ1n) is 6.98. The Morgan fingerprint density at radius 1 is 1.09 bits per heavy atom. The molecule has 22 heavy (non-hydrogen) atoms. The highest BCUT2D eigenvalue weighted by molar-refractivity contribution is 7.98. The van der Waals surface area contributed by atoms with E-state index in [1.807, 2.05) is 41.9 Å². The molecule has 1 aromatic heterocycles. The van der Waals surface area contributed by atoms with Gasteiger partial charge in [0.25, 0.3) is 0 Å². The zero-order valence-corrected chi connectivity index (χ0v) is 14.0. The average Bonchev–Trinajstić information content (AvgIpc) is 2.87. The lowest BCUT2D eigenvalue weighted by Gasteiger charge is -2.06. The highest BCUT2D eigenvalue weighted by Gasteiger charge is 2.12. The summed E-state index contributed by atoms with van der Waals surface area (Å²) in [4.78, 5) is 0. The van der Waals surface area contributed by atoms with Gasteiger partial charge in [0.05, 0.1) is 0 Å². The molecule has 112 valence electrons. The fraction of sp³-hybridized carbons (Fsp3) is 0.176. The Morgan fingerprint density at radius 3 is 2.68 bits per heavy atom. The Bertz CT molecular complexity index is 798. The standard InChI is InChI=1S/C17H16ClN3S/c1-12-6-3-4-9-15(12)16-19-20-17(21(16)2)22-11-13-7-5-8-14(18)10-13/h3-10H,11H2,1-2H3. The van der Waals surface area contributed by atoms with Gasteiger partial charge in [-0.2, -0.15) is 0 Å². The Kier molecular flexibility index (Phi) is 4.50. The van der Waals surface area contributed by atoms with Gasteiger partial charge in [0.15, 0.2) is 11.0 Å². The van der Waals surface area contributed by atoms with Crippen molar-refractivity contribution in [3.8, 4) is 11.4 Å². The number of nitrogens with zero attached hydrogens (tertiary/aromatic N) is 3. The third kappa shape index (κ3) is 3.18. The lowest BCUT2D eigenvalue weighted by molar-refractivity contribution is 0.793. The third-order valence-electron chi connectivity index (χ3n) is 3.48. The van der Waals surface area contributed by atoms with Crippen LogP contribution in [0.1, 0.15) is 11.1 Å². The summed E-state index contributed by atoms with van der Waals surface area (Å²) in [6, 6.07) is 16.1. The van der Waals surface area contributed by atoms with E-state index >= 15 is 0 Å². The van der Waals surface area contributed by atoms with Crippen molar-refractivity contribution in [2.75, 3.05) is 0 Å². The Hall–Kier alpha value is -1.78. The van der Waals surface area contributed by atoms with Gasteiger partial charge in [-0.05, 0) is 30.2 Å². The summed E-state index contributed by atoms with van der Waals surface area (Å²) in [5.41, 5.74) is 3.49. The quantitative estimate of drug-likeness (QED) is 0.648. The second-order valence-electron chi connectivity index (χ2n) is 5.10. The number of thioether (sulfide) groups is 1. The highest BCUT2D eigenvalue weighted by Crippen LogP contribution is 2.27. The van der Waals surface area contributed by atoms with Crippen molar-refractivity contribution >= 4 is 23.4 Å². The van der Waals surface area contributed by atoms with Gasteiger partial charge in [-0.15, -0.1) is 10.2 Å². The molecule has 0 atom stereocenters. The largest absolute Gasteiger partial charge is 0.305 e. The Labute approximate surface area is 139 Å². The van der Waals surface area contributed by atoms with Crippen molar-refractivity contribution in [1.82, 2.24) is 14.8 Å². The number of aromatic nitrogens is 3. The molecule has 3 aromatic rings. The van der Waals surface area contributed by atoms with Crippen molar-refractivity contribution in [1.29, 1.82) is 0 Å². The van der Waals surface area contributed by atoms with E-state index in [0.717, 1.165) is 27.3 Å². The number of hydrogen-bond acceptors (Lipinski definition) is 3. The maximum absolute atomic E-state index is 6.02. The molecule has 2 aromatic carbocycles. The van der Waals surface area contributed by atoms with E-state index in [2.05, 4.69) is 35.3 Å². The van der Waals surface area contributed by atoms with E-state index < -0.39 is 0 Å². The molecule has 0 saturated heterocycles. The number of halogens is 1. The van der Waals surface area contributed by atoms with E-state index in [9.17, 15) is 0 Å². The van der Waals surface area contributed by atoms with Crippen LogP contribution in [0, 0.1) is 6.92 Å². The zero-order valence-electron chi connectivity index (χ0n) is 12.5. The van der Waals surface area contributed by atoms with Crippen LogP contribution < -0.4 is 0 Å². The zero-order chi connectivity index (χ0) is 15.5. The molecule has 0 unspecified atom stereocenters. The molecule has 0 N–H and O–H groups in total. The molecule has 0 amide bonds. The molecule has 0 aliphatic rings. The average molecular weight is 330 g/mol. The molecule has 3 nitrogen and oxygen atoms in total. The molecule has 0 aliphatic carbocycles. The normalized spacial score (nSPS) is 10.9. The molecule has 0 spiro atoms. The smallest absolute Gasteiger partial charge is 0.191 e. The van der Waals surface area contributed by atoms with Gasteiger partial charge in [0.1, 0.15) is 0 Å². The van der Waals surface area contributed by atoms with Crippen molar-refractivity contribution in [2.45, 2.75) is 17.8 Å². The summed E-state index contributed by atoms with van der Waals surface area (Å²) in [5.74, 6) is 1.71. The first-order chi connectivity index (χ1) is 10.6. The van der Waals surface area contributed by atoms with Gasteiger partial charge in [-0.25, -0.2) is 0 Å². The van der Waals surface area contributed by atoms with Crippen molar-refractivity contribution < 1.29 is 0 Å². The van der Waals surface area contributed by atoms with Crippen LogP contribution in [0.25, 0.3) is 11.4 Å². The van der Waals surface area contributed by atoms with Crippen LogP contribution in [-0.4, -0.2) is 14.8 Å². The predicted octanol–water partition coefficient (Wildman–Crippen LogP) is 4.74. The number of hydrogen-bond donors (Lipinski definition) is 0. The van der Waals surface area contributed by atoms with Gasteiger partial charge in [0, 0.05) is 23.4 Å². The predicted molar refractivity (Wildman–Crippen MR) is 92.2 cm³/mol. The lowest BCUT2D eigenvalue weighted by atomic mass is 10.1. The summed E-state index contributed by atoms with van der Waals surface area (Å²) in [5, 5.41) is 10.3. The molecular weight excluding hydrogens is 314 g/mol. The summed E-state index contributed by atoms with van der Waals surface area (Å²) >= 11 is 7.68. The summed E-state index contributed by atoms with van der Waals surface area (Å²) < 4.78 is 2.04. The van der Waals surface area contributed by atoms with Gasteiger partial charge >= 0.3 is 0 Å². The molecular formula is C17H16ClN3S. The minimum atomic E-state index is 0.761. The number of benzene rings is 2. The fourth-order valence-electron chi connectivity index (χ4n) is 2.27. The molecule has 0 bridgehead atoms. The van der Waals surface area contributed by atoms with E-state index in [0.29, 0.717) is 0 Å². The van der Waals surface area contributed by atoms with Crippen molar-refractivity contribution in [2.24, 2.45) is 7.05 Å². The topological polar surface area (TPSA) is 30.7 Å². The first kappa shape index (κ1) is 15.1. The lowest BCUT2D eigenvalue weighted by Crippen LogP contribution is -1.96. The Balaban J connectivity index is 1.81. The third-order valence-corrected chi connectivity index (χ3v) is 4.80. The van der Waals surface area contributed by atoms with E-state index in [-0.39, 0.29) is 0 Å². The molecule has 0 fully saturated rings. The van der Waals surface area contributed by atoms with Crippen LogP contribution in [0.3, 0.4) is 0 Å². The minimum absolute atomic E-state index is 0.761. The SMILES string of the molecule is Cc1ccccc1-c1nnc(SCc2cccc(Cl)c2)n1C. The summed E-state index contributed by atoms with van der Waals surface area (Å²) in [6.07, 6.45) is 0. The molecule has 0 aliphatic heterocycles. The minimum Gasteiger partial charge on any atom is -0.305 e. The van der Waals surface area contributed by atoms with E-state index in [1.165, 1.54) is 11.1 Å². The second kappa shape index (κ2) is 6.55. The monoisotopic (exact) mass is 329 g/mol. The molecule has 5 heteroatoms. The van der Waals surface area contributed by atoms with Crippen molar-refractivity contribution in [3.05, 3.63) is 64.7 Å². The molecule has 1 heterocycles. The van der Waals surface area contributed by atoms with Crippen LogP contribution in [0.5, 0.6) is 0 Å². The van der Waals surface area contributed by atoms with Crippen LogP contribution in [-0.2, 0) is 12.8 Å². The molecule has 0 saturated carbocycles. The van der Waals surface area contributed by atoms with E-state index in [4.69, 9.17) is 11.6 Å².